The number of aryl methyl sites for hydroxylation is 4. The van der Waals surface area contributed by atoms with E-state index in [2.05, 4.69) is 5.10 Å². The molecule has 0 amide bonds. The van der Waals surface area contributed by atoms with Crippen molar-refractivity contribution in [3.63, 3.8) is 0 Å². The van der Waals surface area contributed by atoms with Gasteiger partial charge < -0.3 is 9.90 Å². The number of hydrogen-bond donors (Lipinski definition) is 1. The summed E-state index contributed by atoms with van der Waals surface area (Å²) in [6.07, 6.45) is 1.26. The lowest BCUT2D eigenvalue weighted by Gasteiger charge is -2.38. The Balaban J connectivity index is 1.65. The number of aromatic nitrogens is 2. The summed E-state index contributed by atoms with van der Waals surface area (Å²) in [4.78, 5) is 41.1. The molecule has 1 aromatic heterocycles. The van der Waals surface area contributed by atoms with Gasteiger partial charge in [0.15, 0.2) is 5.78 Å². The van der Waals surface area contributed by atoms with Gasteiger partial charge in [-0.1, -0.05) is 32.0 Å². The van der Waals surface area contributed by atoms with E-state index in [-0.39, 0.29) is 43.2 Å². The highest BCUT2D eigenvalue weighted by Gasteiger charge is 2.43. The van der Waals surface area contributed by atoms with Crippen molar-refractivity contribution in [1.82, 2.24) is 14.7 Å². The largest absolute Gasteiger partial charge is 0.396 e. The van der Waals surface area contributed by atoms with E-state index in [4.69, 9.17) is 0 Å². The topological polar surface area (TPSA) is 92.5 Å². The first-order chi connectivity index (χ1) is 22.1. The molecule has 0 aliphatic carbocycles. The predicted molar refractivity (Wildman–Crippen MR) is 176 cm³/mol. The van der Waals surface area contributed by atoms with Crippen LogP contribution in [0.4, 0.5) is 13.2 Å². The van der Waals surface area contributed by atoms with Crippen molar-refractivity contribution in [3.05, 3.63) is 86.1 Å². The monoisotopic (exact) mass is 653 g/mol. The van der Waals surface area contributed by atoms with Crippen molar-refractivity contribution in [2.75, 3.05) is 26.2 Å². The summed E-state index contributed by atoms with van der Waals surface area (Å²) in [7, 11) is 0. The highest BCUT2D eigenvalue weighted by molar-refractivity contribution is 5.82. The van der Waals surface area contributed by atoms with Crippen LogP contribution >= 0.6 is 0 Å². The van der Waals surface area contributed by atoms with Gasteiger partial charge >= 0.3 is 0 Å². The number of Topliss-reactive ketones (excluding diaryl/α,β-unsaturated/α-hetero) is 1. The maximum atomic E-state index is 15.9. The zero-order chi connectivity index (χ0) is 34.6. The second kappa shape index (κ2) is 15.1. The van der Waals surface area contributed by atoms with E-state index < -0.39 is 41.8 Å². The fraction of sp³-hybridized carbons (Fsp3) is 0.514. The van der Waals surface area contributed by atoms with Crippen LogP contribution in [0.2, 0.25) is 0 Å². The van der Waals surface area contributed by atoms with Crippen molar-refractivity contribution in [3.8, 4) is 11.1 Å². The standard InChI is InChI=1S/C37H46F3N3O4/c1-22(2)14-32(43-36(47)26(6)16-29(41-43)12-13-42-20-37(39,40)21-42)33(46)11-10-30(28(18-44)19-45)31-17-27(15-25(5)35(31)38)34-23(3)8-7-9-24(34)4/h7-9,15-18,22,28,30,32,45H,10-14,19-21H2,1-6H3/t28?,30-,32-/m0/s1. The highest BCUT2D eigenvalue weighted by Crippen LogP contribution is 2.37. The number of alkyl halides is 2. The molecule has 10 heteroatoms. The lowest BCUT2D eigenvalue weighted by molar-refractivity contribution is -0.129. The number of carbonyl (C=O) groups is 2. The molecule has 1 aliphatic heterocycles. The molecule has 1 aliphatic rings. The average Bonchev–Trinajstić information content (AvgIpc) is 2.99. The molecule has 7 nitrogen and oxygen atoms in total. The van der Waals surface area contributed by atoms with Gasteiger partial charge in [-0.3, -0.25) is 14.5 Å². The highest BCUT2D eigenvalue weighted by atomic mass is 19.3. The SMILES string of the molecule is Cc1cc(-c2c(C)cccc2C)cc([C@@H](CCC(=O)[C@H](CC(C)C)n2nc(CCN3CC(F)(F)C3)cc(C)c2=O)C(C=O)CO)c1F. The van der Waals surface area contributed by atoms with Gasteiger partial charge in [0.25, 0.3) is 11.5 Å². The maximum absolute atomic E-state index is 15.9. The van der Waals surface area contributed by atoms with Gasteiger partial charge in [-0.2, -0.15) is 5.10 Å². The number of rotatable bonds is 15. The molecule has 3 aromatic rings. The Morgan fingerprint density at radius 3 is 2.28 bits per heavy atom. The lowest BCUT2D eigenvalue weighted by atomic mass is 9.80. The Morgan fingerprint density at radius 1 is 1.04 bits per heavy atom. The Hall–Kier alpha value is -3.63. The van der Waals surface area contributed by atoms with Gasteiger partial charge in [0.1, 0.15) is 18.1 Å². The third-order valence-corrected chi connectivity index (χ3v) is 9.18. The molecule has 2 heterocycles. The van der Waals surface area contributed by atoms with Crippen LogP contribution in [0.1, 0.15) is 78.6 Å². The molecule has 1 fully saturated rings. The third kappa shape index (κ3) is 8.46. The van der Waals surface area contributed by atoms with Crippen LogP contribution in [0.3, 0.4) is 0 Å². The molecule has 0 saturated carbocycles. The number of hydrogen-bond acceptors (Lipinski definition) is 6. The molecular formula is C37H46F3N3O4. The molecule has 3 atom stereocenters. The summed E-state index contributed by atoms with van der Waals surface area (Å²) < 4.78 is 43.7. The molecule has 1 unspecified atom stereocenters. The maximum Gasteiger partial charge on any atom is 0.272 e. The first-order valence-corrected chi connectivity index (χ1v) is 16.3. The van der Waals surface area contributed by atoms with Crippen molar-refractivity contribution < 1.29 is 27.9 Å². The zero-order valence-corrected chi connectivity index (χ0v) is 28.2. The van der Waals surface area contributed by atoms with Crippen LogP contribution in [0.5, 0.6) is 0 Å². The van der Waals surface area contributed by atoms with E-state index in [1.54, 1.807) is 36.9 Å². The summed E-state index contributed by atoms with van der Waals surface area (Å²) in [5.41, 5.74) is 4.92. The average molecular weight is 654 g/mol. The Kier molecular flexibility index (Phi) is 11.6. The van der Waals surface area contributed by atoms with Gasteiger partial charge in [0.2, 0.25) is 0 Å². The second-order valence-electron chi connectivity index (χ2n) is 13.6. The molecule has 254 valence electrons. The third-order valence-electron chi connectivity index (χ3n) is 9.18. The molecule has 1 N–H and O–H groups in total. The van der Waals surface area contributed by atoms with Crippen molar-refractivity contribution >= 4 is 12.1 Å². The van der Waals surface area contributed by atoms with Gasteiger partial charge in [-0.25, -0.2) is 17.9 Å². The van der Waals surface area contributed by atoms with E-state index in [1.807, 2.05) is 45.9 Å². The second-order valence-corrected chi connectivity index (χ2v) is 13.6. The van der Waals surface area contributed by atoms with Gasteiger partial charge in [0.05, 0.1) is 25.4 Å². The summed E-state index contributed by atoms with van der Waals surface area (Å²) in [6.45, 7) is 10.3. The number of likely N-dealkylation sites (tertiary alicyclic amines) is 1. The first-order valence-electron chi connectivity index (χ1n) is 16.3. The number of halogens is 3. The number of aldehydes is 1. The fourth-order valence-corrected chi connectivity index (χ4v) is 6.70. The van der Waals surface area contributed by atoms with Gasteiger partial charge in [0, 0.05) is 30.9 Å². The number of benzene rings is 2. The zero-order valence-electron chi connectivity index (χ0n) is 28.2. The molecule has 4 rings (SSSR count). The molecule has 2 aromatic carbocycles. The van der Waals surface area contributed by atoms with Crippen molar-refractivity contribution in [2.45, 2.75) is 85.1 Å². The summed E-state index contributed by atoms with van der Waals surface area (Å²) >= 11 is 0. The normalized spacial score (nSPS) is 16.5. The number of nitrogens with zero attached hydrogens (tertiary/aromatic N) is 3. The van der Waals surface area contributed by atoms with E-state index in [1.165, 1.54) is 4.68 Å². The first kappa shape index (κ1) is 36.2. The molecule has 0 bridgehead atoms. The molecule has 1 saturated heterocycles. The molecule has 0 spiro atoms. The molecule has 0 radical (unpaired) electrons. The summed E-state index contributed by atoms with van der Waals surface area (Å²) in [5.74, 6) is -5.18. The minimum Gasteiger partial charge on any atom is -0.396 e. The summed E-state index contributed by atoms with van der Waals surface area (Å²) in [5, 5.41) is 14.7. The van der Waals surface area contributed by atoms with Crippen LogP contribution in [-0.4, -0.2) is 64.0 Å². The van der Waals surface area contributed by atoms with Crippen molar-refractivity contribution in [2.24, 2.45) is 11.8 Å². The number of aliphatic hydroxyl groups excluding tert-OH is 1. The number of aliphatic hydroxyl groups is 1. The minimum absolute atomic E-state index is 0.0232. The lowest BCUT2D eigenvalue weighted by Crippen LogP contribution is -2.56. The van der Waals surface area contributed by atoms with Crippen LogP contribution < -0.4 is 5.56 Å². The smallest absolute Gasteiger partial charge is 0.272 e. The van der Waals surface area contributed by atoms with E-state index >= 15 is 4.39 Å². The number of carbonyl (C=O) groups excluding carboxylic acids is 2. The minimum atomic E-state index is -2.68. The van der Waals surface area contributed by atoms with E-state index in [0.717, 1.165) is 22.3 Å². The Morgan fingerprint density at radius 2 is 1.70 bits per heavy atom. The van der Waals surface area contributed by atoms with Crippen LogP contribution in [0, 0.1) is 45.3 Å². The fourth-order valence-electron chi connectivity index (χ4n) is 6.70. The predicted octanol–water partition coefficient (Wildman–Crippen LogP) is 6.30. The summed E-state index contributed by atoms with van der Waals surface area (Å²) in [6, 6.07) is 10.1. The molecular weight excluding hydrogens is 607 g/mol. The van der Waals surface area contributed by atoms with Crippen molar-refractivity contribution in [1.29, 1.82) is 0 Å². The van der Waals surface area contributed by atoms with Gasteiger partial charge in [-0.15, -0.1) is 0 Å². The quantitative estimate of drug-likeness (QED) is 0.194. The van der Waals surface area contributed by atoms with Crippen LogP contribution in [0.25, 0.3) is 11.1 Å². The Labute approximate surface area is 274 Å². The Bertz CT molecular complexity index is 1640. The molecule has 47 heavy (non-hydrogen) atoms. The van der Waals surface area contributed by atoms with Crippen LogP contribution in [-0.2, 0) is 16.0 Å². The van der Waals surface area contributed by atoms with E-state index in [9.17, 15) is 28.3 Å². The van der Waals surface area contributed by atoms with Crippen LogP contribution in [0.15, 0.2) is 41.2 Å². The number of ketones is 1. The van der Waals surface area contributed by atoms with Gasteiger partial charge in [-0.05, 0) is 104 Å². The van der Waals surface area contributed by atoms with E-state index in [0.29, 0.717) is 42.5 Å².